The third-order valence-corrected chi connectivity index (χ3v) is 4.84. The molecule has 0 aliphatic heterocycles. The van der Waals surface area contributed by atoms with Crippen molar-refractivity contribution in [3.05, 3.63) is 91.1 Å². The molecule has 0 saturated carbocycles. The lowest BCUT2D eigenvalue weighted by molar-refractivity contribution is 0.610. The average molecular weight is 393 g/mol. The number of furan rings is 1. The molecule has 6 heteroatoms. The van der Waals surface area contributed by atoms with Gasteiger partial charge < -0.3 is 9.73 Å². The highest BCUT2D eigenvalue weighted by Crippen LogP contribution is 2.24. The molecule has 0 bridgehead atoms. The van der Waals surface area contributed by atoms with Gasteiger partial charge in [0.25, 0.3) is 0 Å². The fourth-order valence-corrected chi connectivity index (χ4v) is 3.36. The van der Waals surface area contributed by atoms with Gasteiger partial charge in [0.1, 0.15) is 17.1 Å². The lowest BCUT2D eigenvalue weighted by Gasteiger charge is -2.10. The van der Waals surface area contributed by atoms with Gasteiger partial charge in [0.2, 0.25) is 0 Å². The van der Waals surface area contributed by atoms with Crippen molar-refractivity contribution in [2.75, 3.05) is 11.9 Å². The summed E-state index contributed by atoms with van der Waals surface area (Å²) in [5, 5.41) is 4.57. The van der Waals surface area contributed by atoms with E-state index < -0.39 is 0 Å². The second kappa shape index (κ2) is 8.13. The summed E-state index contributed by atoms with van der Waals surface area (Å²) < 4.78 is 5.64. The second-order valence-electron chi connectivity index (χ2n) is 6.85. The lowest BCUT2D eigenvalue weighted by atomic mass is 10.1. The van der Waals surface area contributed by atoms with E-state index in [4.69, 9.17) is 9.40 Å². The van der Waals surface area contributed by atoms with Crippen LogP contribution in [0.25, 0.3) is 33.7 Å². The summed E-state index contributed by atoms with van der Waals surface area (Å²) in [6.07, 6.45) is 7.94. The van der Waals surface area contributed by atoms with E-state index >= 15 is 0 Å². The highest BCUT2D eigenvalue weighted by atomic mass is 16.3. The van der Waals surface area contributed by atoms with Gasteiger partial charge in [0.15, 0.2) is 5.82 Å². The quantitative estimate of drug-likeness (QED) is 0.437. The zero-order valence-corrected chi connectivity index (χ0v) is 16.2. The van der Waals surface area contributed by atoms with E-state index in [0.29, 0.717) is 12.4 Å². The Kier molecular flexibility index (Phi) is 4.88. The van der Waals surface area contributed by atoms with Gasteiger partial charge in [-0.15, -0.1) is 0 Å². The van der Waals surface area contributed by atoms with Crippen molar-refractivity contribution in [1.29, 1.82) is 0 Å². The Morgan fingerprint density at radius 2 is 1.80 bits per heavy atom. The summed E-state index contributed by atoms with van der Waals surface area (Å²) in [7, 11) is 0. The van der Waals surface area contributed by atoms with Crippen LogP contribution in [0.1, 0.15) is 5.56 Å². The number of pyridine rings is 2. The van der Waals surface area contributed by atoms with Crippen LogP contribution in [0.3, 0.4) is 0 Å². The Bertz CT molecular complexity index is 1210. The maximum absolute atomic E-state index is 5.64. The first kappa shape index (κ1) is 18.0. The Morgan fingerprint density at radius 3 is 2.67 bits per heavy atom. The van der Waals surface area contributed by atoms with Gasteiger partial charge in [-0.2, -0.15) is 0 Å². The van der Waals surface area contributed by atoms with E-state index in [2.05, 4.69) is 26.3 Å². The van der Waals surface area contributed by atoms with Crippen LogP contribution in [-0.2, 0) is 6.42 Å². The Hall–Kier alpha value is -4.06. The molecular formula is C24H19N5O. The third kappa shape index (κ3) is 3.75. The maximum atomic E-state index is 5.64. The molecular weight excluding hydrogens is 374 g/mol. The molecule has 0 atom stereocenters. The van der Waals surface area contributed by atoms with Crippen molar-refractivity contribution in [1.82, 2.24) is 19.9 Å². The first-order chi connectivity index (χ1) is 14.9. The fourth-order valence-electron chi connectivity index (χ4n) is 3.36. The van der Waals surface area contributed by atoms with E-state index in [1.165, 1.54) is 5.56 Å². The van der Waals surface area contributed by atoms with Crippen LogP contribution >= 0.6 is 0 Å². The predicted octanol–water partition coefficient (Wildman–Crippen LogP) is 5.00. The van der Waals surface area contributed by atoms with E-state index in [1.807, 2.05) is 60.9 Å². The number of fused-ring (bicyclic) bond motifs is 1. The van der Waals surface area contributed by atoms with Gasteiger partial charge in [0, 0.05) is 42.2 Å². The van der Waals surface area contributed by atoms with Crippen molar-refractivity contribution >= 4 is 16.8 Å². The number of anilines is 1. The molecule has 0 spiro atoms. The molecule has 1 aromatic carbocycles. The first-order valence-corrected chi connectivity index (χ1v) is 9.77. The second-order valence-corrected chi connectivity index (χ2v) is 6.85. The van der Waals surface area contributed by atoms with Crippen LogP contribution in [0.15, 0.2) is 89.9 Å². The molecule has 146 valence electrons. The first-order valence-electron chi connectivity index (χ1n) is 9.77. The van der Waals surface area contributed by atoms with Gasteiger partial charge in [-0.3, -0.25) is 9.97 Å². The third-order valence-electron chi connectivity index (χ3n) is 4.84. The Balaban J connectivity index is 1.42. The minimum atomic E-state index is 0.577. The van der Waals surface area contributed by atoms with Crippen LogP contribution in [0.4, 0.5) is 5.82 Å². The number of hydrogen-bond acceptors (Lipinski definition) is 6. The van der Waals surface area contributed by atoms with Crippen molar-refractivity contribution in [3.63, 3.8) is 0 Å². The largest absolute Gasteiger partial charge is 0.464 e. The number of hydrogen-bond donors (Lipinski definition) is 1. The minimum absolute atomic E-state index is 0.577. The van der Waals surface area contributed by atoms with Crippen molar-refractivity contribution in [2.24, 2.45) is 0 Å². The van der Waals surface area contributed by atoms with Gasteiger partial charge in [-0.25, -0.2) is 9.97 Å². The number of benzene rings is 1. The number of rotatable bonds is 6. The van der Waals surface area contributed by atoms with Gasteiger partial charge >= 0.3 is 0 Å². The molecule has 0 aliphatic rings. The van der Waals surface area contributed by atoms with Crippen LogP contribution < -0.4 is 5.32 Å². The van der Waals surface area contributed by atoms with E-state index in [0.717, 1.165) is 40.2 Å². The predicted molar refractivity (Wildman–Crippen MR) is 117 cm³/mol. The standard InChI is InChI=1S/C24H19N5O/c1-2-9-22-19(7-1)18(16-30-22)10-13-27-23-14-21(17-6-5-11-25-15-17)28-24(29-23)20-8-3-4-12-26-20/h1-9,11-12,14-16H,10,13H2,(H,27,28,29). The minimum Gasteiger partial charge on any atom is -0.464 e. The van der Waals surface area contributed by atoms with Crippen LogP contribution in [-0.4, -0.2) is 26.5 Å². The number of aromatic nitrogens is 4. The van der Waals surface area contributed by atoms with Crippen LogP contribution in [0, 0.1) is 0 Å². The molecule has 0 radical (unpaired) electrons. The fraction of sp³-hybridized carbons (Fsp3) is 0.0833. The normalized spacial score (nSPS) is 10.9. The molecule has 5 aromatic rings. The topological polar surface area (TPSA) is 76.7 Å². The molecule has 30 heavy (non-hydrogen) atoms. The van der Waals surface area contributed by atoms with Gasteiger partial charge in [-0.05, 0) is 42.3 Å². The summed E-state index contributed by atoms with van der Waals surface area (Å²) in [6.45, 7) is 0.717. The molecule has 0 fully saturated rings. The molecule has 0 amide bonds. The zero-order valence-electron chi connectivity index (χ0n) is 16.2. The van der Waals surface area contributed by atoms with E-state index in [1.54, 1.807) is 18.6 Å². The maximum Gasteiger partial charge on any atom is 0.180 e. The van der Waals surface area contributed by atoms with Crippen LogP contribution in [0.2, 0.25) is 0 Å². The highest BCUT2D eigenvalue weighted by Gasteiger charge is 2.10. The summed E-state index contributed by atoms with van der Waals surface area (Å²) in [5.74, 6) is 1.32. The molecule has 4 heterocycles. The Morgan fingerprint density at radius 1 is 0.867 bits per heavy atom. The smallest absolute Gasteiger partial charge is 0.180 e. The molecule has 5 rings (SSSR count). The van der Waals surface area contributed by atoms with Gasteiger partial charge in [-0.1, -0.05) is 24.3 Å². The molecule has 1 N–H and O–H groups in total. The SMILES string of the molecule is c1ccc(-c2nc(NCCc3coc4ccccc34)cc(-c3cccnc3)n2)nc1. The zero-order chi connectivity index (χ0) is 20.2. The van der Waals surface area contributed by atoms with E-state index in [9.17, 15) is 0 Å². The lowest BCUT2D eigenvalue weighted by Crippen LogP contribution is -2.08. The molecule has 4 aromatic heterocycles. The van der Waals surface area contributed by atoms with Crippen molar-refractivity contribution in [2.45, 2.75) is 6.42 Å². The molecule has 0 aliphatic carbocycles. The average Bonchev–Trinajstić information content (AvgIpc) is 3.23. The van der Waals surface area contributed by atoms with Crippen LogP contribution in [0.5, 0.6) is 0 Å². The van der Waals surface area contributed by atoms with Crippen molar-refractivity contribution in [3.8, 4) is 22.8 Å². The summed E-state index contributed by atoms with van der Waals surface area (Å²) in [4.78, 5) is 18.0. The van der Waals surface area contributed by atoms with Crippen molar-refractivity contribution < 1.29 is 4.42 Å². The van der Waals surface area contributed by atoms with Gasteiger partial charge in [0.05, 0.1) is 12.0 Å². The highest BCUT2D eigenvalue weighted by molar-refractivity contribution is 5.80. The summed E-state index contributed by atoms with van der Waals surface area (Å²) in [5.41, 5.74) is 4.54. The van der Waals surface area contributed by atoms with E-state index in [-0.39, 0.29) is 0 Å². The Labute approximate surface area is 173 Å². The number of nitrogens with one attached hydrogen (secondary N) is 1. The monoisotopic (exact) mass is 393 g/mol. The molecule has 0 saturated heterocycles. The number of para-hydroxylation sites is 1. The summed E-state index contributed by atoms with van der Waals surface area (Å²) in [6, 6.07) is 19.6. The number of nitrogens with zero attached hydrogens (tertiary/aromatic N) is 4. The molecule has 0 unspecified atom stereocenters. The summed E-state index contributed by atoms with van der Waals surface area (Å²) >= 11 is 0. The molecule has 6 nitrogen and oxygen atoms in total.